The molecule has 0 aromatic carbocycles. The monoisotopic (exact) mass is 201 g/mol. The van der Waals surface area contributed by atoms with E-state index in [4.69, 9.17) is 5.40 Å². The van der Waals surface area contributed by atoms with E-state index >= 15 is 0 Å². The molecular weight excluding hydrogens is 174 g/mol. The Labute approximate surface area is 86.4 Å². The molecule has 2 heteroatoms. The molecule has 0 aliphatic rings. The molecule has 0 rings (SSSR count). The molecular formula is C11H27NSi. The van der Waals surface area contributed by atoms with Crippen LogP contribution < -0.4 is 5.40 Å². The summed E-state index contributed by atoms with van der Waals surface area (Å²) in [5.41, 5.74) is 1.56. The molecule has 0 aliphatic heterocycles. The molecule has 0 saturated heterocycles. The van der Waals surface area contributed by atoms with Gasteiger partial charge in [-0.2, -0.15) is 0 Å². The van der Waals surface area contributed by atoms with Crippen LogP contribution in [0.4, 0.5) is 0 Å². The molecule has 2 N–H and O–H groups in total. The minimum absolute atomic E-state index is 0.367. The van der Waals surface area contributed by atoms with Gasteiger partial charge < -0.3 is 5.40 Å². The zero-order valence-corrected chi connectivity index (χ0v) is 11.7. The minimum Gasteiger partial charge on any atom is -0.355 e. The molecule has 0 heterocycles. The Morgan fingerprint density at radius 1 is 1.15 bits per heavy atom. The van der Waals surface area contributed by atoms with E-state index in [1.54, 1.807) is 0 Å². The Morgan fingerprint density at radius 3 is 1.85 bits per heavy atom. The van der Waals surface area contributed by atoms with Crippen molar-refractivity contribution in [2.24, 2.45) is 16.2 Å². The highest BCUT2D eigenvalue weighted by Crippen LogP contribution is 2.48. The fraction of sp³-hybridized carbons (Fsp3) is 1.00. The van der Waals surface area contributed by atoms with E-state index in [1.807, 2.05) is 0 Å². The quantitative estimate of drug-likeness (QED) is 0.695. The maximum atomic E-state index is 5.98. The summed E-state index contributed by atoms with van der Waals surface area (Å²) < 4.78 is 0. The molecule has 0 aromatic heterocycles. The van der Waals surface area contributed by atoms with Crippen LogP contribution in [0.25, 0.3) is 0 Å². The molecule has 0 aromatic rings. The maximum absolute atomic E-state index is 5.98. The minimum atomic E-state index is -0.367. The lowest BCUT2D eigenvalue weighted by molar-refractivity contribution is 0.116. The third kappa shape index (κ3) is 3.10. The lowest BCUT2D eigenvalue weighted by Gasteiger charge is -2.45. The van der Waals surface area contributed by atoms with Crippen LogP contribution in [0.3, 0.4) is 0 Å². The van der Waals surface area contributed by atoms with Gasteiger partial charge in [0.15, 0.2) is 0 Å². The molecule has 0 amide bonds. The summed E-state index contributed by atoms with van der Waals surface area (Å²) in [5, 5.41) is 5.98. The average molecular weight is 201 g/mol. The highest BCUT2D eigenvalue weighted by atomic mass is 28.2. The van der Waals surface area contributed by atoms with Crippen molar-refractivity contribution < 1.29 is 0 Å². The SMILES string of the molecule is CCCC([SiH2]N)C(C)(C)C(C)(C)C. The molecule has 0 saturated carbocycles. The van der Waals surface area contributed by atoms with E-state index in [0.717, 1.165) is 5.54 Å². The lowest BCUT2D eigenvalue weighted by atomic mass is 9.66. The fourth-order valence-corrected chi connectivity index (χ4v) is 3.58. The van der Waals surface area contributed by atoms with Gasteiger partial charge in [0.25, 0.3) is 0 Å². The third-order valence-electron chi connectivity index (χ3n) is 3.88. The van der Waals surface area contributed by atoms with Gasteiger partial charge in [-0.15, -0.1) is 0 Å². The van der Waals surface area contributed by atoms with E-state index in [1.165, 1.54) is 12.8 Å². The van der Waals surface area contributed by atoms with Gasteiger partial charge >= 0.3 is 0 Å². The Morgan fingerprint density at radius 2 is 1.62 bits per heavy atom. The highest BCUT2D eigenvalue weighted by Gasteiger charge is 2.38. The van der Waals surface area contributed by atoms with E-state index in [0.29, 0.717) is 10.8 Å². The normalized spacial score (nSPS) is 16.8. The largest absolute Gasteiger partial charge is 0.355 e. The van der Waals surface area contributed by atoms with Crippen LogP contribution in [0.5, 0.6) is 0 Å². The van der Waals surface area contributed by atoms with Gasteiger partial charge in [-0.25, -0.2) is 0 Å². The predicted molar refractivity (Wildman–Crippen MR) is 64.6 cm³/mol. The second-order valence-corrected chi connectivity index (χ2v) is 7.15. The van der Waals surface area contributed by atoms with Crippen LogP contribution >= 0.6 is 0 Å². The van der Waals surface area contributed by atoms with Gasteiger partial charge in [0.05, 0.1) is 9.68 Å². The highest BCUT2D eigenvalue weighted by molar-refractivity contribution is 6.33. The van der Waals surface area contributed by atoms with Gasteiger partial charge in [0.1, 0.15) is 0 Å². The summed E-state index contributed by atoms with van der Waals surface area (Å²) in [6.45, 7) is 14.0. The first-order valence-electron chi connectivity index (χ1n) is 5.47. The van der Waals surface area contributed by atoms with Gasteiger partial charge in [-0.3, -0.25) is 0 Å². The summed E-state index contributed by atoms with van der Waals surface area (Å²) in [5.74, 6) is 0. The number of hydrogen-bond donors (Lipinski definition) is 1. The van der Waals surface area contributed by atoms with Crippen molar-refractivity contribution >= 4 is 9.68 Å². The molecule has 1 unspecified atom stereocenters. The lowest BCUT2D eigenvalue weighted by Crippen LogP contribution is -2.38. The van der Waals surface area contributed by atoms with Crippen molar-refractivity contribution in [3.63, 3.8) is 0 Å². The Kier molecular flexibility index (Phi) is 4.67. The molecule has 0 radical (unpaired) electrons. The molecule has 0 aliphatic carbocycles. The standard InChI is InChI=1S/C11H27NSi/c1-7-8-9(13-12)11(5,6)10(2,3)4/h9H,7-8,12-13H2,1-6H3. The first-order valence-corrected chi connectivity index (χ1v) is 7.10. The Balaban J connectivity index is 4.56. The van der Waals surface area contributed by atoms with Crippen LogP contribution in [0.2, 0.25) is 5.54 Å². The topological polar surface area (TPSA) is 26.0 Å². The number of nitrogens with two attached hydrogens (primary N) is 1. The van der Waals surface area contributed by atoms with E-state index in [2.05, 4.69) is 41.5 Å². The molecule has 1 nitrogen and oxygen atoms in total. The number of hydrogen-bond acceptors (Lipinski definition) is 1. The first-order chi connectivity index (χ1) is 5.77. The molecule has 1 atom stereocenters. The summed E-state index contributed by atoms with van der Waals surface area (Å²) >= 11 is 0. The van der Waals surface area contributed by atoms with Crippen molar-refractivity contribution in [1.29, 1.82) is 0 Å². The van der Waals surface area contributed by atoms with Crippen molar-refractivity contribution in [1.82, 2.24) is 0 Å². The number of rotatable bonds is 4. The summed E-state index contributed by atoms with van der Waals surface area (Å²) in [6, 6.07) is 0. The van der Waals surface area contributed by atoms with Crippen LogP contribution in [-0.4, -0.2) is 9.68 Å². The molecule has 0 bridgehead atoms. The van der Waals surface area contributed by atoms with Gasteiger partial charge in [0, 0.05) is 0 Å². The van der Waals surface area contributed by atoms with E-state index in [-0.39, 0.29) is 9.68 Å². The van der Waals surface area contributed by atoms with Crippen LogP contribution in [0, 0.1) is 10.8 Å². The van der Waals surface area contributed by atoms with Gasteiger partial charge in [-0.1, -0.05) is 54.4 Å². The second kappa shape index (κ2) is 4.60. The van der Waals surface area contributed by atoms with Crippen molar-refractivity contribution in [2.45, 2.75) is 59.9 Å². The van der Waals surface area contributed by atoms with Crippen molar-refractivity contribution in [2.75, 3.05) is 0 Å². The van der Waals surface area contributed by atoms with Crippen LogP contribution in [0.1, 0.15) is 54.4 Å². The maximum Gasteiger partial charge on any atom is 0.0925 e. The third-order valence-corrected chi connectivity index (χ3v) is 5.87. The molecule has 13 heavy (non-hydrogen) atoms. The fourth-order valence-electron chi connectivity index (χ4n) is 1.73. The van der Waals surface area contributed by atoms with Crippen LogP contribution in [-0.2, 0) is 0 Å². The smallest absolute Gasteiger partial charge is 0.0925 e. The summed E-state index contributed by atoms with van der Waals surface area (Å²) in [6.07, 6.45) is 2.58. The van der Waals surface area contributed by atoms with Gasteiger partial charge in [0.2, 0.25) is 0 Å². The molecule has 80 valence electrons. The van der Waals surface area contributed by atoms with Crippen LogP contribution in [0.15, 0.2) is 0 Å². The van der Waals surface area contributed by atoms with E-state index in [9.17, 15) is 0 Å². The molecule has 0 spiro atoms. The Bertz CT molecular complexity index is 147. The first kappa shape index (κ1) is 13.2. The van der Waals surface area contributed by atoms with Gasteiger partial charge in [-0.05, 0) is 16.4 Å². The van der Waals surface area contributed by atoms with Crippen molar-refractivity contribution in [3.8, 4) is 0 Å². The average Bonchev–Trinajstić information content (AvgIpc) is 1.97. The zero-order valence-electron chi connectivity index (χ0n) is 10.3. The zero-order chi connectivity index (χ0) is 10.7. The Hall–Kier alpha value is 0.177. The van der Waals surface area contributed by atoms with E-state index < -0.39 is 0 Å². The second-order valence-electron chi connectivity index (χ2n) is 5.69. The van der Waals surface area contributed by atoms with Crippen molar-refractivity contribution in [3.05, 3.63) is 0 Å². The predicted octanol–water partition coefficient (Wildman–Crippen LogP) is 2.69. The summed E-state index contributed by atoms with van der Waals surface area (Å²) in [4.78, 5) is 0. The summed E-state index contributed by atoms with van der Waals surface area (Å²) in [7, 11) is -0.367. The molecule has 0 fully saturated rings.